The molecule has 1 aromatic rings. The molecule has 1 aliphatic rings. The number of nitrogens with one attached hydrogen (secondary N) is 4. The monoisotopic (exact) mass is 463 g/mol. The van der Waals surface area contributed by atoms with Gasteiger partial charge in [-0.3, -0.25) is 19.2 Å². The van der Waals surface area contributed by atoms with Crippen LogP contribution in [0.1, 0.15) is 24.8 Å². The van der Waals surface area contributed by atoms with Crippen LogP contribution in [0.4, 0.5) is 0 Å². The molecule has 180 valence electrons. The molecule has 0 aromatic heterocycles. The summed E-state index contributed by atoms with van der Waals surface area (Å²) in [4.78, 5) is 59.3. The van der Waals surface area contributed by atoms with E-state index in [1.807, 2.05) is 6.07 Å². The number of aliphatic carboxylic acids is 1. The van der Waals surface area contributed by atoms with Crippen LogP contribution in [-0.2, 0) is 35.1 Å². The largest absolute Gasteiger partial charge is 0.479 e. The quantitative estimate of drug-likeness (QED) is 0.181. The van der Waals surface area contributed by atoms with Crippen LogP contribution in [0.2, 0.25) is 0 Å². The second-order valence-corrected chi connectivity index (χ2v) is 7.55. The van der Waals surface area contributed by atoms with Crippen LogP contribution in [-0.4, -0.2) is 72.7 Å². The Kier molecular flexibility index (Phi) is 9.76. The number of benzene rings is 1. The Balaban J connectivity index is 1.85. The molecule has 0 unspecified atom stereocenters. The van der Waals surface area contributed by atoms with Crippen molar-refractivity contribution in [3.8, 4) is 0 Å². The average Bonchev–Trinajstić information content (AvgIpc) is 2.77. The predicted molar refractivity (Wildman–Crippen MR) is 115 cm³/mol. The average molecular weight is 463 g/mol. The van der Waals surface area contributed by atoms with Crippen molar-refractivity contribution in [3.05, 3.63) is 35.9 Å². The van der Waals surface area contributed by atoms with Gasteiger partial charge in [0.1, 0.15) is 12.8 Å². The molecule has 12 nitrogen and oxygen atoms in total. The molecular formula is C21H29N5O7. The van der Waals surface area contributed by atoms with E-state index >= 15 is 0 Å². The summed E-state index contributed by atoms with van der Waals surface area (Å²) in [5.41, 5.74) is 4.69. The van der Waals surface area contributed by atoms with Crippen molar-refractivity contribution >= 4 is 29.6 Å². The molecule has 1 atom stereocenters. The summed E-state index contributed by atoms with van der Waals surface area (Å²) in [5, 5.41) is 18.9. The number of carbonyl (C=O) groups excluding carboxylic acids is 4. The van der Waals surface area contributed by atoms with Gasteiger partial charge in [-0.1, -0.05) is 30.3 Å². The van der Waals surface area contributed by atoms with Gasteiger partial charge in [0, 0.05) is 6.42 Å². The third kappa shape index (κ3) is 8.16. The summed E-state index contributed by atoms with van der Waals surface area (Å²) >= 11 is 0. The third-order valence-electron chi connectivity index (χ3n) is 5.16. The molecule has 33 heavy (non-hydrogen) atoms. The second-order valence-electron chi connectivity index (χ2n) is 7.55. The summed E-state index contributed by atoms with van der Waals surface area (Å²) < 4.78 is 5.29. The fraction of sp³-hybridized carbons (Fsp3) is 0.476. The molecule has 1 saturated carbocycles. The van der Waals surface area contributed by atoms with E-state index in [2.05, 4.69) is 21.3 Å². The molecule has 1 aromatic carbocycles. The fourth-order valence-corrected chi connectivity index (χ4v) is 3.08. The van der Waals surface area contributed by atoms with E-state index in [4.69, 9.17) is 10.5 Å². The maximum atomic E-state index is 12.6. The van der Waals surface area contributed by atoms with Crippen LogP contribution < -0.4 is 27.0 Å². The SMILES string of the molecule is NCC(=O)NCC(=O)N[C@@H](Cc1ccccc1)C(=O)NCC(=O)NCOC1(C(=O)O)CCC1. The normalized spacial score (nSPS) is 14.8. The zero-order valence-electron chi connectivity index (χ0n) is 18.1. The third-order valence-corrected chi connectivity index (χ3v) is 5.16. The van der Waals surface area contributed by atoms with Crippen LogP contribution >= 0.6 is 0 Å². The van der Waals surface area contributed by atoms with Crippen LogP contribution in [0.5, 0.6) is 0 Å². The lowest BCUT2D eigenvalue weighted by atomic mass is 9.80. The second kappa shape index (κ2) is 12.5. The van der Waals surface area contributed by atoms with E-state index < -0.39 is 47.8 Å². The van der Waals surface area contributed by atoms with Crippen molar-refractivity contribution in [1.29, 1.82) is 0 Å². The van der Waals surface area contributed by atoms with E-state index in [1.54, 1.807) is 24.3 Å². The summed E-state index contributed by atoms with van der Waals surface area (Å²) in [6.07, 6.45) is 1.65. The molecule has 0 heterocycles. The Hall–Kier alpha value is -3.51. The first-order chi connectivity index (χ1) is 15.8. The van der Waals surface area contributed by atoms with Gasteiger partial charge in [0.05, 0.1) is 19.6 Å². The standard InChI is InChI=1S/C21H29N5O7/c22-10-16(27)23-12-18(29)26-15(9-14-5-2-1-3-6-14)19(30)24-11-17(28)25-13-33-21(20(31)32)7-4-8-21/h1-3,5-6,15H,4,7-13,22H2,(H,23,27)(H,24,30)(H,25,28)(H,26,29)(H,31,32)/t15-/m0/s1. The van der Waals surface area contributed by atoms with Gasteiger partial charge in [-0.15, -0.1) is 0 Å². The highest BCUT2D eigenvalue weighted by atomic mass is 16.5. The highest BCUT2D eigenvalue weighted by molar-refractivity contribution is 5.92. The minimum atomic E-state index is -1.26. The Labute approximate surface area is 190 Å². The molecule has 0 saturated heterocycles. The minimum Gasteiger partial charge on any atom is -0.479 e. The maximum absolute atomic E-state index is 12.6. The number of hydrogen-bond acceptors (Lipinski definition) is 7. The molecule has 0 radical (unpaired) electrons. The molecule has 2 rings (SSSR count). The molecule has 4 amide bonds. The van der Waals surface area contributed by atoms with Crippen LogP contribution in [0.3, 0.4) is 0 Å². The van der Waals surface area contributed by atoms with Crippen LogP contribution in [0.15, 0.2) is 30.3 Å². The number of nitrogens with two attached hydrogens (primary N) is 1. The highest BCUT2D eigenvalue weighted by Crippen LogP contribution is 2.35. The van der Waals surface area contributed by atoms with Crippen molar-refractivity contribution < 1.29 is 33.8 Å². The zero-order valence-corrected chi connectivity index (χ0v) is 18.1. The first-order valence-corrected chi connectivity index (χ1v) is 10.5. The summed E-state index contributed by atoms with van der Waals surface area (Å²) in [6.45, 7) is -1.31. The van der Waals surface area contributed by atoms with Gasteiger partial charge in [0.2, 0.25) is 23.6 Å². The van der Waals surface area contributed by atoms with Crippen molar-refractivity contribution in [3.63, 3.8) is 0 Å². The van der Waals surface area contributed by atoms with Crippen LogP contribution in [0.25, 0.3) is 0 Å². The van der Waals surface area contributed by atoms with Gasteiger partial charge in [0.25, 0.3) is 0 Å². The van der Waals surface area contributed by atoms with E-state index in [1.165, 1.54) is 0 Å². The van der Waals surface area contributed by atoms with E-state index in [-0.39, 0.29) is 26.2 Å². The minimum absolute atomic E-state index is 0.162. The summed E-state index contributed by atoms with van der Waals surface area (Å²) in [6, 6.07) is 7.95. The lowest BCUT2D eigenvalue weighted by molar-refractivity contribution is -0.180. The van der Waals surface area contributed by atoms with Gasteiger partial charge < -0.3 is 36.8 Å². The van der Waals surface area contributed by atoms with Crippen molar-refractivity contribution in [2.24, 2.45) is 5.73 Å². The molecular weight excluding hydrogens is 434 g/mol. The molecule has 0 bridgehead atoms. The summed E-state index contributed by atoms with van der Waals surface area (Å²) in [7, 11) is 0. The van der Waals surface area contributed by atoms with Gasteiger partial charge in [-0.25, -0.2) is 4.79 Å². The molecule has 1 fully saturated rings. The first kappa shape index (κ1) is 25.7. The Bertz CT molecular complexity index is 858. The molecule has 0 spiro atoms. The number of carboxylic acids is 1. The number of rotatable bonds is 13. The number of carbonyl (C=O) groups is 5. The molecule has 12 heteroatoms. The smallest absolute Gasteiger partial charge is 0.336 e. The zero-order chi connectivity index (χ0) is 24.3. The molecule has 7 N–H and O–H groups in total. The Morgan fingerprint density at radius 3 is 2.21 bits per heavy atom. The molecule has 1 aliphatic carbocycles. The number of ether oxygens (including phenoxy) is 1. The topological polar surface area (TPSA) is 189 Å². The summed E-state index contributed by atoms with van der Waals surface area (Å²) in [5.74, 6) is -3.36. The van der Waals surface area contributed by atoms with Crippen LogP contribution in [0, 0.1) is 0 Å². The van der Waals surface area contributed by atoms with Crippen molar-refractivity contribution in [2.45, 2.75) is 37.3 Å². The Morgan fingerprint density at radius 1 is 0.970 bits per heavy atom. The fourth-order valence-electron chi connectivity index (χ4n) is 3.08. The van der Waals surface area contributed by atoms with Gasteiger partial charge in [-0.2, -0.15) is 0 Å². The Morgan fingerprint density at radius 2 is 1.64 bits per heavy atom. The number of carboxylic acid groups (broad SMARTS) is 1. The first-order valence-electron chi connectivity index (χ1n) is 10.5. The predicted octanol–water partition coefficient (Wildman–Crippen LogP) is -2.00. The van der Waals surface area contributed by atoms with Gasteiger partial charge in [0.15, 0.2) is 5.60 Å². The van der Waals surface area contributed by atoms with Crippen molar-refractivity contribution in [1.82, 2.24) is 21.3 Å². The van der Waals surface area contributed by atoms with E-state index in [9.17, 15) is 29.1 Å². The lowest BCUT2D eigenvalue weighted by Crippen LogP contribution is -2.53. The van der Waals surface area contributed by atoms with Crippen molar-refractivity contribution in [2.75, 3.05) is 26.4 Å². The highest BCUT2D eigenvalue weighted by Gasteiger charge is 2.45. The van der Waals surface area contributed by atoms with Gasteiger partial charge in [-0.05, 0) is 24.8 Å². The van der Waals surface area contributed by atoms with E-state index in [0.29, 0.717) is 12.8 Å². The lowest BCUT2D eigenvalue weighted by Gasteiger charge is -2.37. The number of hydrogen-bond donors (Lipinski definition) is 6. The van der Waals surface area contributed by atoms with Gasteiger partial charge >= 0.3 is 5.97 Å². The van der Waals surface area contributed by atoms with E-state index in [0.717, 1.165) is 12.0 Å². The maximum Gasteiger partial charge on any atom is 0.336 e. The molecule has 0 aliphatic heterocycles. The number of amides is 4.